The summed E-state index contributed by atoms with van der Waals surface area (Å²) in [6, 6.07) is 15.5. The van der Waals surface area contributed by atoms with E-state index in [9.17, 15) is 9.90 Å². The second-order valence-corrected chi connectivity index (χ2v) is 6.83. The fraction of sp³-hybridized carbons (Fsp3) is 0.125. The van der Waals surface area contributed by atoms with Crippen LogP contribution in [0.4, 0.5) is 0 Å². The van der Waals surface area contributed by atoms with Crippen LogP contribution in [-0.2, 0) is 0 Å². The van der Waals surface area contributed by atoms with E-state index in [-0.39, 0.29) is 11.5 Å². The van der Waals surface area contributed by atoms with Crippen LogP contribution in [0.3, 0.4) is 0 Å². The van der Waals surface area contributed by atoms with Crippen molar-refractivity contribution in [1.29, 1.82) is 0 Å². The molecule has 4 rings (SSSR count). The molecule has 8 nitrogen and oxygen atoms in total. The van der Waals surface area contributed by atoms with Crippen LogP contribution < -0.4 is 14.2 Å². The molecule has 0 spiro atoms. The van der Waals surface area contributed by atoms with E-state index in [1.54, 1.807) is 48.5 Å². The summed E-state index contributed by atoms with van der Waals surface area (Å²) < 4.78 is 17.6. The van der Waals surface area contributed by atoms with Crippen LogP contribution in [-0.4, -0.2) is 47.0 Å². The molecule has 8 heteroatoms. The van der Waals surface area contributed by atoms with E-state index in [0.717, 1.165) is 5.56 Å². The van der Waals surface area contributed by atoms with Gasteiger partial charge in [0.2, 0.25) is 5.75 Å². The molecule has 0 atom stereocenters. The molecule has 1 heterocycles. The average molecular weight is 431 g/mol. The van der Waals surface area contributed by atoms with Crippen molar-refractivity contribution in [3.63, 3.8) is 0 Å². The number of ketones is 1. The maximum absolute atomic E-state index is 13.6. The fourth-order valence-corrected chi connectivity index (χ4v) is 3.50. The first-order chi connectivity index (χ1) is 15.6. The number of aromatic nitrogens is 3. The topological polar surface area (TPSA) is 95.7 Å². The zero-order valence-corrected chi connectivity index (χ0v) is 17.8. The monoisotopic (exact) mass is 431 g/mol. The molecular weight excluding hydrogens is 410 g/mol. The molecule has 0 aliphatic carbocycles. The van der Waals surface area contributed by atoms with E-state index < -0.39 is 0 Å². The Kier molecular flexibility index (Phi) is 5.76. The second kappa shape index (κ2) is 8.81. The Bertz CT molecular complexity index is 1240. The molecule has 0 radical (unpaired) electrons. The molecule has 0 unspecified atom stereocenters. The van der Waals surface area contributed by atoms with Gasteiger partial charge in [0, 0.05) is 16.7 Å². The summed E-state index contributed by atoms with van der Waals surface area (Å²) in [7, 11) is 4.49. The molecule has 0 aliphatic rings. The third-order valence-corrected chi connectivity index (χ3v) is 5.05. The number of aromatic hydroxyl groups is 1. The minimum absolute atomic E-state index is 0.140. The molecular formula is C24H21N3O5. The largest absolute Gasteiger partial charge is 0.507 e. The number of benzene rings is 3. The maximum Gasteiger partial charge on any atom is 0.203 e. The lowest BCUT2D eigenvalue weighted by Crippen LogP contribution is -2.09. The highest BCUT2D eigenvalue weighted by Crippen LogP contribution is 2.39. The number of para-hydroxylation sites is 1. The predicted molar refractivity (Wildman–Crippen MR) is 118 cm³/mol. The number of methoxy groups -OCH3 is 3. The van der Waals surface area contributed by atoms with Crippen LogP contribution in [0.2, 0.25) is 0 Å². The Balaban J connectivity index is 1.87. The van der Waals surface area contributed by atoms with Gasteiger partial charge in [0.25, 0.3) is 0 Å². The van der Waals surface area contributed by atoms with Crippen molar-refractivity contribution in [2.24, 2.45) is 0 Å². The zero-order chi connectivity index (χ0) is 22.7. The first kappa shape index (κ1) is 20.9. The Labute approximate surface area is 184 Å². The number of rotatable bonds is 7. The summed E-state index contributed by atoms with van der Waals surface area (Å²) in [5.74, 6) is 1.03. The first-order valence-corrected chi connectivity index (χ1v) is 9.69. The molecule has 162 valence electrons. The van der Waals surface area contributed by atoms with E-state index in [1.165, 1.54) is 38.7 Å². The number of nitrogens with zero attached hydrogens (tertiary/aromatic N) is 3. The van der Waals surface area contributed by atoms with Gasteiger partial charge in [0.15, 0.2) is 17.3 Å². The summed E-state index contributed by atoms with van der Waals surface area (Å²) in [4.78, 5) is 17.6. The number of phenolic OH excluding ortho intramolecular Hbond substituents is 1. The first-order valence-electron chi connectivity index (χ1n) is 9.69. The van der Waals surface area contributed by atoms with Gasteiger partial charge in [0.1, 0.15) is 18.4 Å². The highest BCUT2D eigenvalue weighted by Gasteiger charge is 2.21. The van der Waals surface area contributed by atoms with Crippen molar-refractivity contribution in [3.05, 3.63) is 78.4 Å². The van der Waals surface area contributed by atoms with Gasteiger partial charge in [0.05, 0.1) is 27.0 Å². The van der Waals surface area contributed by atoms with Gasteiger partial charge in [-0.1, -0.05) is 24.3 Å². The summed E-state index contributed by atoms with van der Waals surface area (Å²) >= 11 is 0. The minimum atomic E-state index is -0.265. The molecule has 0 saturated carbocycles. The SMILES string of the molecule is COc1cc(C(=O)c2ccc(-c3ccccc3O)cc2-n2cncn2)cc(OC)c1OC. The van der Waals surface area contributed by atoms with Gasteiger partial charge in [-0.15, -0.1) is 0 Å². The Morgan fingerprint density at radius 3 is 2.25 bits per heavy atom. The van der Waals surface area contributed by atoms with Gasteiger partial charge in [-0.2, -0.15) is 5.10 Å². The third-order valence-electron chi connectivity index (χ3n) is 5.05. The fourth-order valence-electron chi connectivity index (χ4n) is 3.50. The van der Waals surface area contributed by atoms with E-state index in [1.807, 2.05) is 6.07 Å². The molecule has 0 fully saturated rings. The molecule has 4 aromatic rings. The highest BCUT2D eigenvalue weighted by molar-refractivity contribution is 6.12. The summed E-state index contributed by atoms with van der Waals surface area (Å²) in [5.41, 5.74) is 2.64. The Hall–Kier alpha value is -4.33. The predicted octanol–water partition coefficient (Wildman–Crippen LogP) is 3.90. The lowest BCUT2D eigenvalue weighted by Gasteiger charge is -2.15. The number of carbonyl (C=O) groups excluding carboxylic acids is 1. The third kappa shape index (κ3) is 3.74. The lowest BCUT2D eigenvalue weighted by molar-refractivity contribution is 0.103. The van der Waals surface area contributed by atoms with E-state index >= 15 is 0 Å². The van der Waals surface area contributed by atoms with Crippen LogP contribution >= 0.6 is 0 Å². The molecule has 0 amide bonds. The number of hydrogen-bond donors (Lipinski definition) is 1. The van der Waals surface area contributed by atoms with Crippen LogP contribution in [0, 0.1) is 0 Å². The standard InChI is InChI=1S/C24H21N3O5/c1-30-21-11-16(12-22(31-2)24(21)32-3)23(29)18-9-8-15(17-6-4-5-7-20(17)28)10-19(18)27-14-25-13-26-27/h4-14,28H,1-3H3. The summed E-state index contributed by atoms with van der Waals surface area (Å²) in [6.45, 7) is 0. The number of ether oxygens (including phenoxy) is 3. The van der Waals surface area contributed by atoms with Crippen molar-refractivity contribution in [3.8, 4) is 39.8 Å². The van der Waals surface area contributed by atoms with Gasteiger partial charge in [-0.3, -0.25) is 4.79 Å². The smallest absolute Gasteiger partial charge is 0.203 e. The van der Waals surface area contributed by atoms with Crippen LogP contribution in [0.1, 0.15) is 15.9 Å². The van der Waals surface area contributed by atoms with E-state index in [2.05, 4.69) is 10.1 Å². The van der Waals surface area contributed by atoms with Crippen molar-refractivity contribution in [1.82, 2.24) is 14.8 Å². The highest BCUT2D eigenvalue weighted by atomic mass is 16.5. The molecule has 0 bridgehead atoms. The van der Waals surface area contributed by atoms with Crippen LogP contribution in [0.25, 0.3) is 16.8 Å². The lowest BCUT2D eigenvalue weighted by atomic mass is 9.96. The summed E-state index contributed by atoms with van der Waals surface area (Å²) in [6.07, 6.45) is 2.90. The number of phenols is 1. The van der Waals surface area contributed by atoms with Gasteiger partial charge in [-0.25, -0.2) is 9.67 Å². The van der Waals surface area contributed by atoms with Gasteiger partial charge >= 0.3 is 0 Å². The normalized spacial score (nSPS) is 10.6. The van der Waals surface area contributed by atoms with Crippen LogP contribution in [0.5, 0.6) is 23.0 Å². The molecule has 1 aromatic heterocycles. The van der Waals surface area contributed by atoms with Crippen molar-refractivity contribution in [2.75, 3.05) is 21.3 Å². The number of carbonyl (C=O) groups is 1. The molecule has 32 heavy (non-hydrogen) atoms. The van der Waals surface area contributed by atoms with Crippen LogP contribution in [0.15, 0.2) is 67.3 Å². The minimum Gasteiger partial charge on any atom is -0.507 e. The molecule has 3 aromatic carbocycles. The molecule has 0 saturated heterocycles. The van der Waals surface area contributed by atoms with Crippen molar-refractivity contribution in [2.45, 2.75) is 0 Å². The second-order valence-electron chi connectivity index (χ2n) is 6.83. The van der Waals surface area contributed by atoms with Crippen molar-refractivity contribution >= 4 is 5.78 Å². The summed E-state index contributed by atoms with van der Waals surface area (Å²) in [5, 5.41) is 14.5. The Morgan fingerprint density at radius 1 is 0.938 bits per heavy atom. The molecule has 0 aliphatic heterocycles. The van der Waals surface area contributed by atoms with Crippen molar-refractivity contribution < 1.29 is 24.1 Å². The Morgan fingerprint density at radius 2 is 1.66 bits per heavy atom. The zero-order valence-electron chi connectivity index (χ0n) is 17.8. The average Bonchev–Trinajstić information content (AvgIpc) is 3.37. The quantitative estimate of drug-likeness (QED) is 0.444. The van der Waals surface area contributed by atoms with Gasteiger partial charge in [-0.05, 0) is 35.9 Å². The maximum atomic E-state index is 13.6. The van der Waals surface area contributed by atoms with E-state index in [4.69, 9.17) is 14.2 Å². The van der Waals surface area contributed by atoms with Gasteiger partial charge < -0.3 is 19.3 Å². The number of hydrogen-bond acceptors (Lipinski definition) is 7. The van der Waals surface area contributed by atoms with E-state index in [0.29, 0.717) is 39.6 Å². The molecule has 1 N–H and O–H groups in total.